The first-order chi connectivity index (χ1) is 8.59. The molecule has 3 rings (SSSR count). The second-order valence-corrected chi connectivity index (χ2v) is 6.85. The van der Waals surface area contributed by atoms with E-state index in [0.717, 1.165) is 12.8 Å². The second kappa shape index (κ2) is 4.10. The van der Waals surface area contributed by atoms with E-state index in [2.05, 4.69) is 5.32 Å². The van der Waals surface area contributed by atoms with Gasteiger partial charge in [0.25, 0.3) is 0 Å². The minimum Gasteiger partial charge on any atom is -0.398 e. The molecule has 3 N–H and O–H groups in total. The Bertz CT molecular complexity index is 616. The summed E-state index contributed by atoms with van der Waals surface area (Å²) in [7, 11) is -3.33. The van der Waals surface area contributed by atoms with E-state index >= 15 is 0 Å². The van der Waals surface area contributed by atoms with Crippen molar-refractivity contribution in [3.8, 4) is 0 Å². The molecule has 2 aliphatic rings. The molecule has 18 heavy (non-hydrogen) atoms. The summed E-state index contributed by atoms with van der Waals surface area (Å²) >= 11 is 0. The number of nitrogens with one attached hydrogen (secondary N) is 1. The number of nitrogens with two attached hydrogens (primary N) is 1. The maximum atomic E-state index is 12.3. The fraction of sp³-hybridized carbons (Fsp3) is 0.385. The Labute approximate surface area is 107 Å². The number of sulfone groups is 1. The lowest BCUT2D eigenvalue weighted by Crippen LogP contribution is -2.36. The summed E-state index contributed by atoms with van der Waals surface area (Å²) in [6.45, 7) is 0.404. The van der Waals surface area contributed by atoms with Crippen LogP contribution in [-0.4, -0.2) is 21.0 Å². The van der Waals surface area contributed by atoms with Crippen LogP contribution in [0, 0.1) is 0 Å². The molecule has 1 fully saturated rings. The topological polar surface area (TPSA) is 72.2 Å². The summed E-state index contributed by atoms with van der Waals surface area (Å²) in [5.74, 6) is 0. The summed E-state index contributed by atoms with van der Waals surface area (Å²) in [6.07, 6.45) is 5.22. The number of nitrogen functional groups attached to an aromatic ring is 1. The Morgan fingerprint density at radius 2 is 2.11 bits per heavy atom. The molecule has 5 heteroatoms. The predicted octanol–water partition coefficient (Wildman–Crippen LogP) is 1.54. The quantitative estimate of drug-likeness (QED) is 0.812. The molecule has 0 unspecified atom stereocenters. The van der Waals surface area contributed by atoms with Gasteiger partial charge >= 0.3 is 0 Å². The number of fused-ring (bicyclic) bond motifs is 1. The smallest absolute Gasteiger partial charge is 0.204 e. The van der Waals surface area contributed by atoms with Crippen molar-refractivity contribution < 1.29 is 8.42 Å². The molecule has 0 amide bonds. The lowest BCUT2D eigenvalue weighted by Gasteiger charge is -2.26. The van der Waals surface area contributed by atoms with E-state index in [4.69, 9.17) is 5.73 Å². The summed E-state index contributed by atoms with van der Waals surface area (Å²) in [6, 6.07) is 5.50. The van der Waals surface area contributed by atoms with Crippen LogP contribution in [-0.2, 0) is 9.84 Å². The number of anilines is 1. The summed E-state index contributed by atoms with van der Waals surface area (Å²) < 4.78 is 24.6. The maximum Gasteiger partial charge on any atom is 0.204 e. The van der Waals surface area contributed by atoms with E-state index in [1.807, 2.05) is 0 Å². The van der Waals surface area contributed by atoms with E-state index in [1.54, 1.807) is 24.3 Å². The van der Waals surface area contributed by atoms with Crippen molar-refractivity contribution in [3.63, 3.8) is 0 Å². The molecular formula is C13H16N2O2S. The number of hydrogen-bond acceptors (Lipinski definition) is 4. The van der Waals surface area contributed by atoms with E-state index in [9.17, 15) is 8.42 Å². The monoisotopic (exact) mass is 264 g/mol. The molecule has 0 saturated heterocycles. The molecule has 1 saturated carbocycles. The molecule has 0 aromatic heterocycles. The standard InChI is InChI=1S/C13H16N2O2S/c14-12-5-2-6-13-11(12)7-10(18(13,16)17)8-15-9-3-1-4-9/h2,5-7,9,15H,1,3-4,8,14H2. The molecular weight excluding hydrogens is 248 g/mol. The first kappa shape index (κ1) is 11.7. The zero-order valence-corrected chi connectivity index (χ0v) is 10.8. The maximum absolute atomic E-state index is 12.3. The van der Waals surface area contributed by atoms with Crippen molar-refractivity contribution in [2.45, 2.75) is 30.2 Å². The Balaban J connectivity index is 1.88. The molecule has 1 aromatic rings. The van der Waals surface area contributed by atoms with Crippen molar-refractivity contribution in [3.05, 3.63) is 28.7 Å². The van der Waals surface area contributed by atoms with Gasteiger partial charge in [-0.15, -0.1) is 0 Å². The fourth-order valence-corrected chi connectivity index (χ4v) is 3.89. The minimum atomic E-state index is -3.33. The summed E-state index contributed by atoms with van der Waals surface area (Å²) in [5, 5.41) is 3.28. The lowest BCUT2D eigenvalue weighted by atomic mass is 9.93. The highest BCUT2D eigenvalue weighted by molar-refractivity contribution is 7.95. The van der Waals surface area contributed by atoms with Crippen molar-refractivity contribution in [2.24, 2.45) is 0 Å². The number of hydrogen-bond donors (Lipinski definition) is 2. The zero-order valence-electron chi connectivity index (χ0n) is 10.0. The molecule has 0 radical (unpaired) electrons. The van der Waals surface area contributed by atoms with Gasteiger partial charge in [0.1, 0.15) is 0 Å². The van der Waals surface area contributed by atoms with Gasteiger partial charge in [0.2, 0.25) is 9.84 Å². The van der Waals surface area contributed by atoms with Crippen LogP contribution in [0.5, 0.6) is 0 Å². The lowest BCUT2D eigenvalue weighted by molar-refractivity contribution is 0.351. The Morgan fingerprint density at radius 1 is 1.33 bits per heavy atom. The van der Waals surface area contributed by atoms with Crippen LogP contribution in [0.3, 0.4) is 0 Å². The van der Waals surface area contributed by atoms with Gasteiger partial charge in [-0.3, -0.25) is 0 Å². The molecule has 96 valence electrons. The largest absolute Gasteiger partial charge is 0.398 e. The average Bonchev–Trinajstić information content (AvgIpc) is 2.51. The summed E-state index contributed by atoms with van der Waals surface area (Å²) in [4.78, 5) is 0.773. The van der Waals surface area contributed by atoms with Gasteiger partial charge in [-0.2, -0.15) is 0 Å². The van der Waals surface area contributed by atoms with Crippen LogP contribution in [0.25, 0.3) is 6.08 Å². The van der Waals surface area contributed by atoms with Crippen LogP contribution in [0.4, 0.5) is 5.69 Å². The van der Waals surface area contributed by atoms with Crippen LogP contribution in [0.2, 0.25) is 0 Å². The molecule has 0 atom stereocenters. The van der Waals surface area contributed by atoms with Gasteiger partial charge in [0.15, 0.2) is 0 Å². The van der Waals surface area contributed by atoms with Gasteiger partial charge in [0.05, 0.1) is 9.80 Å². The highest BCUT2D eigenvalue weighted by Gasteiger charge is 2.31. The van der Waals surface area contributed by atoms with E-state index in [1.165, 1.54) is 6.42 Å². The Hall–Kier alpha value is -1.33. The fourth-order valence-electron chi connectivity index (χ4n) is 2.33. The van der Waals surface area contributed by atoms with Crippen LogP contribution < -0.4 is 11.1 Å². The van der Waals surface area contributed by atoms with Gasteiger partial charge < -0.3 is 11.1 Å². The highest BCUT2D eigenvalue weighted by Crippen LogP contribution is 2.35. The number of benzene rings is 1. The van der Waals surface area contributed by atoms with Gasteiger partial charge in [0, 0.05) is 23.8 Å². The molecule has 1 aromatic carbocycles. The summed E-state index contributed by atoms with van der Waals surface area (Å²) in [5.41, 5.74) is 6.98. The average molecular weight is 264 g/mol. The third-order valence-electron chi connectivity index (χ3n) is 3.71. The molecule has 1 aliphatic carbocycles. The third kappa shape index (κ3) is 1.74. The Morgan fingerprint density at radius 3 is 2.72 bits per heavy atom. The van der Waals surface area contributed by atoms with Crippen molar-refractivity contribution in [2.75, 3.05) is 12.3 Å². The van der Waals surface area contributed by atoms with E-state index in [0.29, 0.717) is 33.6 Å². The van der Waals surface area contributed by atoms with E-state index < -0.39 is 9.84 Å². The van der Waals surface area contributed by atoms with Gasteiger partial charge in [-0.05, 0) is 31.1 Å². The van der Waals surface area contributed by atoms with Crippen LogP contribution in [0.15, 0.2) is 28.0 Å². The van der Waals surface area contributed by atoms with Gasteiger partial charge in [-0.1, -0.05) is 12.5 Å². The second-order valence-electron chi connectivity index (χ2n) is 4.88. The van der Waals surface area contributed by atoms with Crippen molar-refractivity contribution >= 4 is 21.6 Å². The zero-order chi connectivity index (χ0) is 12.8. The normalized spacial score (nSPS) is 21.2. The highest BCUT2D eigenvalue weighted by atomic mass is 32.2. The molecule has 1 aliphatic heterocycles. The Kier molecular flexibility index (Phi) is 2.68. The van der Waals surface area contributed by atoms with E-state index in [-0.39, 0.29) is 0 Å². The minimum absolute atomic E-state index is 0.341. The van der Waals surface area contributed by atoms with Crippen LogP contribution in [0.1, 0.15) is 24.8 Å². The molecule has 4 nitrogen and oxygen atoms in total. The van der Waals surface area contributed by atoms with Crippen LogP contribution >= 0.6 is 0 Å². The first-order valence-electron chi connectivity index (χ1n) is 6.16. The molecule has 0 bridgehead atoms. The first-order valence-corrected chi connectivity index (χ1v) is 7.65. The predicted molar refractivity (Wildman–Crippen MR) is 71.7 cm³/mol. The number of rotatable bonds is 3. The van der Waals surface area contributed by atoms with Crippen molar-refractivity contribution in [1.82, 2.24) is 5.32 Å². The molecule has 1 heterocycles. The third-order valence-corrected chi connectivity index (χ3v) is 5.60. The molecule has 0 spiro atoms. The SMILES string of the molecule is Nc1cccc2c1C=C(CNC1CCC1)S2(=O)=O. The van der Waals surface area contributed by atoms with Crippen molar-refractivity contribution in [1.29, 1.82) is 0 Å². The van der Waals surface area contributed by atoms with Gasteiger partial charge in [-0.25, -0.2) is 8.42 Å².